The summed E-state index contributed by atoms with van der Waals surface area (Å²) < 4.78 is 0. The van der Waals surface area contributed by atoms with Crippen LogP contribution in [0.3, 0.4) is 0 Å². The maximum Gasteiger partial charge on any atom is 0.321 e. The van der Waals surface area contributed by atoms with Crippen LogP contribution in [0.2, 0.25) is 0 Å². The molecule has 2 rings (SSSR count). The molecule has 0 radical (unpaired) electrons. The molecular weight excluding hydrogens is 232 g/mol. The number of aliphatic carboxylic acids is 1. The third-order valence-corrected chi connectivity index (χ3v) is 3.02. The molecule has 0 aromatic heterocycles. The van der Waals surface area contributed by atoms with Crippen molar-refractivity contribution in [1.82, 2.24) is 4.90 Å². The van der Waals surface area contributed by atoms with Crippen LogP contribution in [-0.2, 0) is 11.2 Å². The van der Waals surface area contributed by atoms with Crippen LogP contribution in [0.25, 0.3) is 0 Å². The molecule has 5 heteroatoms. The molecule has 0 spiro atoms. The quantitative estimate of drug-likeness (QED) is 0.855. The van der Waals surface area contributed by atoms with Gasteiger partial charge in [0.1, 0.15) is 0 Å². The van der Waals surface area contributed by atoms with Crippen LogP contribution in [0.4, 0.5) is 10.5 Å². The predicted octanol–water partition coefficient (Wildman–Crippen LogP) is 1.94. The lowest BCUT2D eigenvalue weighted by molar-refractivity contribution is -0.136. The van der Waals surface area contributed by atoms with E-state index < -0.39 is 5.97 Å². The Morgan fingerprint density at radius 2 is 2.06 bits per heavy atom. The fourth-order valence-corrected chi connectivity index (χ4v) is 1.79. The number of rotatable bonds is 4. The van der Waals surface area contributed by atoms with Crippen molar-refractivity contribution in [3.63, 3.8) is 0 Å². The molecule has 0 heterocycles. The van der Waals surface area contributed by atoms with Gasteiger partial charge in [0.2, 0.25) is 0 Å². The minimum absolute atomic E-state index is 0.0937. The zero-order chi connectivity index (χ0) is 13.1. The minimum Gasteiger partial charge on any atom is -0.481 e. The first-order chi connectivity index (χ1) is 8.58. The number of amides is 2. The van der Waals surface area contributed by atoms with Crippen LogP contribution in [0.1, 0.15) is 18.4 Å². The molecule has 0 aliphatic heterocycles. The van der Waals surface area contributed by atoms with E-state index in [0.29, 0.717) is 17.3 Å². The molecule has 1 aliphatic rings. The number of nitrogens with one attached hydrogen (secondary N) is 1. The van der Waals surface area contributed by atoms with Crippen molar-refractivity contribution in [2.45, 2.75) is 25.3 Å². The van der Waals surface area contributed by atoms with Gasteiger partial charge in [0.25, 0.3) is 0 Å². The molecule has 1 aromatic rings. The highest BCUT2D eigenvalue weighted by molar-refractivity contribution is 5.91. The molecule has 2 amide bonds. The fraction of sp³-hybridized carbons (Fsp3) is 0.385. The Bertz CT molecular complexity index is 469. The van der Waals surface area contributed by atoms with Gasteiger partial charge in [-0.2, -0.15) is 0 Å². The molecular formula is C13H16N2O3. The first-order valence-corrected chi connectivity index (χ1v) is 5.91. The van der Waals surface area contributed by atoms with E-state index in [0.717, 1.165) is 12.8 Å². The molecule has 1 saturated carbocycles. The summed E-state index contributed by atoms with van der Waals surface area (Å²) in [4.78, 5) is 24.3. The second kappa shape index (κ2) is 5.08. The fourth-order valence-electron chi connectivity index (χ4n) is 1.79. The summed E-state index contributed by atoms with van der Waals surface area (Å²) in [7, 11) is 1.76. The molecule has 1 aromatic carbocycles. The number of benzene rings is 1. The molecule has 1 fully saturated rings. The summed E-state index contributed by atoms with van der Waals surface area (Å²) in [5, 5.41) is 11.6. The topological polar surface area (TPSA) is 69.6 Å². The molecule has 0 bridgehead atoms. The van der Waals surface area contributed by atoms with E-state index in [1.54, 1.807) is 36.2 Å². The molecule has 0 saturated heterocycles. The van der Waals surface area contributed by atoms with Crippen LogP contribution >= 0.6 is 0 Å². The van der Waals surface area contributed by atoms with Crippen LogP contribution < -0.4 is 5.32 Å². The van der Waals surface area contributed by atoms with Gasteiger partial charge in [-0.05, 0) is 24.5 Å². The maximum atomic E-state index is 11.9. The van der Waals surface area contributed by atoms with Crippen LogP contribution in [0, 0.1) is 0 Å². The Hall–Kier alpha value is -2.04. The van der Waals surface area contributed by atoms with Crippen LogP contribution in [0.15, 0.2) is 24.3 Å². The van der Waals surface area contributed by atoms with Gasteiger partial charge in [-0.15, -0.1) is 0 Å². The Morgan fingerprint density at radius 3 is 2.67 bits per heavy atom. The number of carboxylic acid groups (broad SMARTS) is 1. The van der Waals surface area contributed by atoms with Crippen molar-refractivity contribution in [2.75, 3.05) is 12.4 Å². The summed E-state index contributed by atoms with van der Waals surface area (Å²) in [6.07, 6.45) is 1.99. The highest BCUT2D eigenvalue weighted by Gasteiger charge is 2.29. The van der Waals surface area contributed by atoms with Gasteiger partial charge in [0.15, 0.2) is 0 Å². The standard InChI is InChI=1S/C13H16N2O3/c1-15(10-6-7-10)13(18)14-11-5-3-2-4-9(11)8-12(16)17/h2-5,10H,6-8H2,1H3,(H,14,18)(H,16,17). The van der Waals surface area contributed by atoms with Gasteiger partial charge in [-0.3, -0.25) is 4.79 Å². The number of urea groups is 1. The number of carboxylic acids is 1. The van der Waals surface area contributed by atoms with Gasteiger partial charge in [-0.25, -0.2) is 4.79 Å². The van der Waals surface area contributed by atoms with E-state index in [1.807, 2.05) is 0 Å². The van der Waals surface area contributed by atoms with Gasteiger partial charge in [-0.1, -0.05) is 18.2 Å². The summed E-state index contributed by atoms with van der Waals surface area (Å²) in [5.41, 5.74) is 1.18. The predicted molar refractivity (Wildman–Crippen MR) is 67.6 cm³/mol. The number of hydrogen-bond donors (Lipinski definition) is 2. The summed E-state index contributed by atoms with van der Waals surface area (Å²) in [5.74, 6) is -0.910. The average molecular weight is 248 g/mol. The lowest BCUT2D eigenvalue weighted by atomic mass is 10.1. The number of carbonyl (C=O) groups is 2. The molecule has 5 nitrogen and oxygen atoms in total. The van der Waals surface area contributed by atoms with Crippen LogP contribution in [0.5, 0.6) is 0 Å². The largest absolute Gasteiger partial charge is 0.481 e. The monoisotopic (exact) mass is 248 g/mol. The summed E-state index contributed by atoms with van der Waals surface area (Å²) in [6.45, 7) is 0. The van der Waals surface area contributed by atoms with Gasteiger partial charge in [0.05, 0.1) is 6.42 Å². The summed E-state index contributed by atoms with van der Waals surface area (Å²) >= 11 is 0. The number of anilines is 1. The average Bonchev–Trinajstić information content (AvgIpc) is 3.14. The number of para-hydroxylation sites is 1. The highest BCUT2D eigenvalue weighted by atomic mass is 16.4. The number of nitrogens with zero attached hydrogens (tertiary/aromatic N) is 1. The second-order valence-corrected chi connectivity index (χ2v) is 4.50. The Balaban J connectivity index is 2.07. The molecule has 96 valence electrons. The van der Waals surface area contributed by atoms with Crippen LogP contribution in [-0.4, -0.2) is 35.1 Å². The van der Waals surface area contributed by atoms with E-state index in [9.17, 15) is 9.59 Å². The molecule has 0 unspecified atom stereocenters. The van der Waals surface area contributed by atoms with Gasteiger partial charge >= 0.3 is 12.0 Å². The van der Waals surface area contributed by atoms with Crippen molar-refractivity contribution >= 4 is 17.7 Å². The van der Waals surface area contributed by atoms with Gasteiger partial charge < -0.3 is 15.3 Å². The SMILES string of the molecule is CN(C(=O)Nc1ccccc1CC(=O)O)C1CC1. The minimum atomic E-state index is -0.910. The first-order valence-electron chi connectivity index (χ1n) is 5.91. The number of carbonyl (C=O) groups excluding carboxylic acids is 1. The van der Waals surface area contributed by atoms with E-state index in [1.165, 1.54) is 0 Å². The lowest BCUT2D eigenvalue weighted by Gasteiger charge is -2.18. The molecule has 2 N–H and O–H groups in total. The highest BCUT2D eigenvalue weighted by Crippen LogP contribution is 2.26. The zero-order valence-corrected chi connectivity index (χ0v) is 10.2. The summed E-state index contributed by atoms with van der Waals surface area (Å²) in [6, 6.07) is 7.11. The number of hydrogen-bond acceptors (Lipinski definition) is 2. The third-order valence-electron chi connectivity index (χ3n) is 3.02. The molecule has 18 heavy (non-hydrogen) atoms. The smallest absolute Gasteiger partial charge is 0.321 e. The Kier molecular flexibility index (Phi) is 3.50. The van der Waals surface area contributed by atoms with Gasteiger partial charge in [0, 0.05) is 18.8 Å². The van der Waals surface area contributed by atoms with Crippen molar-refractivity contribution < 1.29 is 14.7 Å². The Labute approximate surface area is 105 Å². The van der Waals surface area contributed by atoms with Crippen molar-refractivity contribution in [2.24, 2.45) is 0 Å². The van der Waals surface area contributed by atoms with E-state index in [4.69, 9.17) is 5.11 Å². The Morgan fingerprint density at radius 1 is 1.39 bits per heavy atom. The normalized spacial score (nSPS) is 14.1. The first kappa shape index (κ1) is 12.4. The van der Waals surface area contributed by atoms with E-state index in [2.05, 4.69) is 5.32 Å². The zero-order valence-electron chi connectivity index (χ0n) is 10.2. The van der Waals surface area contributed by atoms with Crippen molar-refractivity contribution in [3.8, 4) is 0 Å². The molecule has 0 atom stereocenters. The maximum absolute atomic E-state index is 11.9. The molecule has 1 aliphatic carbocycles. The second-order valence-electron chi connectivity index (χ2n) is 4.50. The van der Waals surface area contributed by atoms with E-state index in [-0.39, 0.29) is 12.5 Å². The van der Waals surface area contributed by atoms with E-state index >= 15 is 0 Å². The lowest BCUT2D eigenvalue weighted by Crippen LogP contribution is -2.33. The third kappa shape index (κ3) is 3.00. The van der Waals surface area contributed by atoms with Crippen molar-refractivity contribution in [3.05, 3.63) is 29.8 Å². The van der Waals surface area contributed by atoms with Crippen molar-refractivity contribution in [1.29, 1.82) is 0 Å².